The Morgan fingerprint density at radius 3 is 2.14 bits per heavy atom. The molecule has 0 aromatic carbocycles. The second-order valence-electron chi connectivity index (χ2n) is 5.52. The highest BCUT2D eigenvalue weighted by atomic mass is 15.4. The zero-order chi connectivity index (χ0) is 9.43. The summed E-state index contributed by atoms with van der Waals surface area (Å²) in [6.07, 6.45) is 11.3. The van der Waals surface area contributed by atoms with Gasteiger partial charge in [-0.1, -0.05) is 19.3 Å². The summed E-state index contributed by atoms with van der Waals surface area (Å²) in [4.78, 5) is 2.65. The Balaban J connectivity index is 1.57. The van der Waals surface area contributed by atoms with E-state index in [0.29, 0.717) is 0 Å². The van der Waals surface area contributed by atoms with Crippen LogP contribution < -0.4 is 5.32 Å². The summed E-state index contributed by atoms with van der Waals surface area (Å²) in [5.41, 5.74) is 0.781. The number of hydrogen-bond donors (Lipinski definition) is 1. The fourth-order valence-electron chi connectivity index (χ4n) is 3.42. The van der Waals surface area contributed by atoms with Crippen LogP contribution in [0.5, 0.6) is 0 Å². The van der Waals surface area contributed by atoms with Crippen molar-refractivity contribution >= 4 is 0 Å². The lowest BCUT2D eigenvalue weighted by Crippen LogP contribution is -2.43. The Kier molecular flexibility index (Phi) is 2.29. The van der Waals surface area contributed by atoms with Crippen LogP contribution in [0.1, 0.15) is 44.9 Å². The molecule has 1 spiro atoms. The van der Waals surface area contributed by atoms with Gasteiger partial charge in [-0.3, -0.25) is 10.2 Å². The van der Waals surface area contributed by atoms with E-state index in [0.717, 1.165) is 11.6 Å². The molecule has 2 nitrogen and oxygen atoms in total. The van der Waals surface area contributed by atoms with Crippen LogP contribution in [0.3, 0.4) is 0 Å². The minimum atomic E-state index is 0.760. The summed E-state index contributed by atoms with van der Waals surface area (Å²) in [7, 11) is 0. The Hall–Kier alpha value is -0.0800. The number of hydrogen-bond acceptors (Lipinski definition) is 2. The highest BCUT2D eigenvalue weighted by Gasteiger charge is 2.39. The summed E-state index contributed by atoms with van der Waals surface area (Å²) in [5, 5.41) is 3.42. The molecule has 1 aliphatic carbocycles. The van der Waals surface area contributed by atoms with Gasteiger partial charge in [0, 0.05) is 19.6 Å². The first-order chi connectivity index (χ1) is 6.88. The molecule has 1 atom stereocenters. The molecule has 0 radical (unpaired) electrons. The average Bonchev–Trinajstić information content (AvgIpc) is 3.04. The van der Waals surface area contributed by atoms with Crippen molar-refractivity contribution in [3.63, 3.8) is 0 Å². The van der Waals surface area contributed by atoms with Gasteiger partial charge in [-0.15, -0.1) is 0 Å². The Morgan fingerprint density at radius 2 is 1.57 bits per heavy atom. The van der Waals surface area contributed by atoms with Crippen molar-refractivity contribution < 1.29 is 0 Å². The number of nitrogens with one attached hydrogen (secondary N) is 1. The molecule has 0 aromatic heterocycles. The van der Waals surface area contributed by atoms with E-state index in [9.17, 15) is 0 Å². The zero-order valence-corrected chi connectivity index (χ0v) is 9.10. The number of rotatable bonds is 1. The van der Waals surface area contributed by atoms with Gasteiger partial charge in [0.15, 0.2) is 0 Å². The summed E-state index contributed by atoms with van der Waals surface area (Å²) < 4.78 is 0. The maximum absolute atomic E-state index is 3.42. The van der Waals surface area contributed by atoms with Gasteiger partial charge in [0.1, 0.15) is 0 Å². The predicted octanol–water partition coefficient (Wildman–Crippen LogP) is 1.96. The number of likely N-dealkylation sites (tertiary alicyclic amines) is 1. The zero-order valence-electron chi connectivity index (χ0n) is 9.10. The summed E-state index contributed by atoms with van der Waals surface area (Å²) in [6, 6.07) is 0. The molecule has 3 aliphatic rings. The number of nitrogens with zero attached hydrogens (tertiary/aromatic N) is 1. The second kappa shape index (κ2) is 3.49. The van der Waals surface area contributed by atoms with Crippen LogP contribution in [0.4, 0.5) is 0 Å². The van der Waals surface area contributed by atoms with Crippen molar-refractivity contribution in [3.8, 4) is 0 Å². The minimum absolute atomic E-state index is 0.760. The molecule has 1 saturated carbocycles. The van der Waals surface area contributed by atoms with Crippen molar-refractivity contribution in [2.45, 2.75) is 51.1 Å². The largest absolute Gasteiger partial charge is 0.298 e. The molecule has 2 saturated heterocycles. The summed E-state index contributed by atoms with van der Waals surface area (Å²) in [6.45, 7) is 3.96. The first-order valence-electron chi connectivity index (χ1n) is 6.36. The first-order valence-corrected chi connectivity index (χ1v) is 6.36. The molecule has 1 N–H and O–H groups in total. The van der Waals surface area contributed by atoms with Gasteiger partial charge in [0.2, 0.25) is 0 Å². The molecule has 2 aliphatic heterocycles. The Morgan fingerprint density at radius 1 is 0.929 bits per heavy atom. The van der Waals surface area contributed by atoms with Gasteiger partial charge in [-0.2, -0.15) is 0 Å². The third kappa shape index (κ3) is 1.70. The Labute approximate surface area is 87.0 Å². The maximum atomic E-state index is 3.42. The van der Waals surface area contributed by atoms with Crippen LogP contribution in [-0.4, -0.2) is 30.7 Å². The lowest BCUT2D eigenvalue weighted by atomic mass is 9.68. The quantitative estimate of drug-likeness (QED) is 0.646. The van der Waals surface area contributed by atoms with Gasteiger partial charge < -0.3 is 0 Å². The molecule has 0 aromatic rings. The predicted molar refractivity (Wildman–Crippen MR) is 58.1 cm³/mol. The molecular weight excluding hydrogens is 172 g/mol. The summed E-state index contributed by atoms with van der Waals surface area (Å²) >= 11 is 0. The molecule has 14 heavy (non-hydrogen) atoms. The fourth-order valence-corrected chi connectivity index (χ4v) is 3.42. The molecule has 3 fully saturated rings. The van der Waals surface area contributed by atoms with E-state index in [1.54, 1.807) is 0 Å². The topological polar surface area (TPSA) is 25.2 Å². The van der Waals surface area contributed by atoms with E-state index in [-0.39, 0.29) is 0 Å². The van der Waals surface area contributed by atoms with Crippen molar-refractivity contribution in [1.29, 1.82) is 0 Å². The highest BCUT2D eigenvalue weighted by molar-refractivity contribution is 4.93. The van der Waals surface area contributed by atoms with Crippen molar-refractivity contribution in [2.24, 2.45) is 5.41 Å². The first kappa shape index (κ1) is 9.17. The normalized spacial score (nSPS) is 37.3. The molecule has 80 valence electrons. The molecule has 0 bridgehead atoms. The fraction of sp³-hybridized carbons (Fsp3) is 1.00. The second-order valence-corrected chi connectivity index (χ2v) is 5.52. The third-order valence-electron chi connectivity index (χ3n) is 4.60. The van der Waals surface area contributed by atoms with Crippen LogP contribution in [0.15, 0.2) is 0 Å². The molecule has 0 amide bonds. The maximum Gasteiger partial charge on any atom is 0.0727 e. The molecule has 2 heteroatoms. The molecule has 1 unspecified atom stereocenters. The summed E-state index contributed by atoms with van der Waals surface area (Å²) in [5.74, 6) is 0. The Bertz CT molecular complexity index is 194. The van der Waals surface area contributed by atoms with E-state index in [2.05, 4.69) is 10.2 Å². The third-order valence-corrected chi connectivity index (χ3v) is 4.60. The van der Waals surface area contributed by atoms with Crippen LogP contribution in [0.25, 0.3) is 0 Å². The molecule has 2 heterocycles. The van der Waals surface area contributed by atoms with Crippen molar-refractivity contribution in [1.82, 2.24) is 10.2 Å². The number of piperidine rings is 1. The van der Waals surface area contributed by atoms with Gasteiger partial charge in [0.05, 0.1) is 6.17 Å². The van der Waals surface area contributed by atoms with Crippen LogP contribution in [0.2, 0.25) is 0 Å². The van der Waals surface area contributed by atoms with Crippen LogP contribution in [0, 0.1) is 5.41 Å². The standard InChI is InChI=1S/C12H22N2/c1-2-4-12(5-3-1)6-8-14(9-7-12)11-10-13-11/h11,13H,1-10H2. The monoisotopic (exact) mass is 194 g/mol. The molecule has 3 rings (SSSR count). The van der Waals surface area contributed by atoms with Crippen LogP contribution in [-0.2, 0) is 0 Å². The lowest BCUT2D eigenvalue weighted by Gasteiger charge is -2.44. The van der Waals surface area contributed by atoms with Gasteiger partial charge in [0.25, 0.3) is 0 Å². The molecular formula is C12H22N2. The van der Waals surface area contributed by atoms with E-state index < -0.39 is 0 Å². The van der Waals surface area contributed by atoms with Crippen molar-refractivity contribution in [2.75, 3.05) is 19.6 Å². The van der Waals surface area contributed by atoms with Crippen LogP contribution >= 0.6 is 0 Å². The van der Waals surface area contributed by atoms with Gasteiger partial charge in [-0.25, -0.2) is 0 Å². The highest BCUT2D eigenvalue weighted by Crippen LogP contribution is 2.44. The van der Waals surface area contributed by atoms with E-state index in [1.807, 2.05) is 0 Å². The van der Waals surface area contributed by atoms with E-state index in [4.69, 9.17) is 0 Å². The van der Waals surface area contributed by atoms with Gasteiger partial charge >= 0.3 is 0 Å². The SMILES string of the molecule is C1CCC2(CC1)CCN(C1CN1)CC2. The van der Waals surface area contributed by atoms with Gasteiger partial charge in [-0.05, 0) is 31.1 Å². The average molecular weight is 194 g/mol. The smallest absolute Gasteiger partial charge is 0.0727 e. The van der Waals surface area contributed by atoms with Crippen molar-refractivity contribution in [3.05, 3.63) is 0 Å². The lowest BCUT2D eigenvalue weighted by molar-refractivity contribution is 0.0632. The minimum Gasteiger partial charge on any atom is -0.298 e. The van der Waals surface area contributed by atoms with E-state index >= 15 is 0 Å². The van der Waals surface area contributed by atoms with E-state index in [1.165, 1.54) is 64.6 Å².